The lowest BCUT2D eigenvalue weighted by Crippen LogP contribution is -2.40. The Morgan fingerprint density at radius 3 is 2.54 bits per heavy atom. The first-order chi connectivity index (χ1) is 17.9. The van der Waals surface area contributed by atoms with Gasteiger partial charge in [0.2, 0.25) is 0 Å². The monoisotopic (exact) mass is 514 g/mol. The molecule has 0 amide bonds. The van der Waals surface area contributed by atoms with Crippen molar-refractivity contribution in [3.63, 3.8) is 0 Å². The third-order valence-electron chi connectivity index (χ3n) is 6.09. The number of methoxy groups -OCH3 is 1. The summed E-state index contributed by atoms with van der Waals surface area (Å²) in [6.07, 6.45) is 2.09. The number of aromatic carboxylic acids is 1. The van der Waals surface area contributed by atoms with Crippen molar-refractivity contribution < 1.29 is 23.8 Å². The van der Waals surface area contributed by atoms with Crippen molar-refractivity contribution in [3.8, 4) is 11.3 Å². The van der Waals surface area contributed by atoms with E-state index in [0.717, 1.165) is 5.56 Å². The zero-order valence-corrected chi connectivity index (χ0v) is 20.8. The Bertz CT molecular complexity index is 1730. The summed E-state index contributed by atoms with van der Waals surface area (Å²) < 4.78 is 12.9. The van der Waals surface area contributed by atoms with E-state index in [1.165, 1.54) is 29.1 Å². The Kier molecular flexibility index (Phi) is 6.45. The average molecular weight is 515 g/mol. The summed E-state index contributed by atoms with van der Waals surface area (Å²) in [5, 5.41) is 9.50. The number of benzene rings is 2. The van der Waals surface area contributed by atoms with Crippen molar-refractivity contribution >= 4 is 29.4 Å². The van der Waals surface area contributed by atoms with E-state index in [4.69, 9.17) is 9.15 Å². The molecule has 2 aromatic heterocycles. The van der Waals surface area contributed by atoms with E-state index in [1.807, 2.05) is 37.3 Å². The molecule has 0 saturated carbocycles. The maximum absolute atomic E-state index is 13.7. The lowest BCUT2D eigenvalue weighted by molar-refractivity contribution is -0.136. The van der Waals surface area contributed by atoms with E-state index in [0.29, 0.717) is 44.1 Å². The molecular formula is C28H22N2O6S. The van der Waals surface area contributed by atoms with Crippen molar-refractivity contribution in [1.82, 2.24) is 4.57 Å². The lowest BCUT2D eigenvalue weighted by atomic mass is 9.95. The molecule has 0 unspecified atom stereocenters. The smallest absolute Gasteiger partial charge is 0.338 e. The number of thiazole rings is 1. The number of fused-ring (bicyclic) bond motifs is 1. The average Bonchev–Trinajstić information content (AvgIpc) is 3.51. The van der Waals surface area contributed by atoms with Gasteiger partial charge in [-0.15, -0.1) is 0 Å². The fourth-order valence-corrected chi connectivity index (χ4v) is 5.40. The van der Waals surface area contributed by atoms with Crippen LogP contribution < -0.4 is 14.9 Å². The van der Waals surface area contributed by atoms with Crippen LogP contribution in [0.3, 0.4) is 0 Å². The van der Waals surface area contributed by atoms with Crippen LogP contribution in [0.25, 0.3) is 17.4 Å². The van der Waals surface area contributed by atoms with Crippen LogP contribution in [-0.4, -0.2) is 28.7 Å². The molecule has 37 heavy (non-hydrogen) atoms. The summed E-state index contributed by atoms with van der Waals surface area (Å²) in [6.45, 7) is 1.90. The highest BCUT2D eigenvalue weighted by atomic mass is 32.1. The first kappa shape index (κ1) is 24.2. The molecule has 0 fully saturated rings. The standard InChI is InChI=1S/C28H22N2O6S/c1-3-20-23(27(34)35-2)24(16-9-5-4-6-10-16)30-25(31)22(37-28(30)29-20)15-17-13-14-21(36-17)18-11-7-8-12-19(18)26(32)33/h4-15,24H,3H2,1-2H3,(H,32,33)/b22-15-/t24-/m1/s1. The highest BCUT2D eigenvalue weighted by Gasteiger charge is 2.33. The minimum absolute atomic E-state index is 0.119. The second-order valence-electron chi connectivity index (χ2n) is 8.25. The van der Waals surface area contributed by atoms with Crippen molar-refractivity contribution in [2.75, 3.05) is 7.11 Å². The maximum atomic E-state index is 13.7. The predicted octanol–water partition coefficient (Wildman–Crippen LogP) is 3.76. The number of hydrogen-bond acceptors (Lipinski definition) is 7. The Labute approximate surface area is 215 Å². The van der Waals surface area contributed by atoms with Gasteiger partial charge in [0.15, 0.2) is 4.80 Å². The van der Waals surface area contributed by atoms with Gasteiger partial charge in [0.1, 0.15) is 11.5 Å². The van der Waals surface area contributed by atoms with Gasteiger partial charge in [0.25, 0.3) is 5.56 Å². The number of aromatic nitrogens is 1. The quantitative estimate of drug-likeness (QED) is 0.392. The topological polar surface area (TPSA) is 111 Å². The van der Waals surface area contributed by atoms with Gasteiger partial charge in [-0.05, 0) is 30.2 Å². The fourth-order valence-electron chi connectivity index (χ4n) is 4.40. The molecule has 0 radical (unpaired) electrons. The van der Waals surface area contributed by atoms with E-state index in [9.17, 15) is 19.5 Å². The summed E-state index contributed by atoms with van der Waals surface area (Å²) in [6, 6.07) is 18.5. The van der Waals surface area contributed by atoms with E-state index < -0.39 is 18.0 Å². The number of carbonyl (C=O) groups is 2. The molecule has 0 aliphatic carbocycles. The van der Waals surface area contributed by atoms with Crippen molar-refractivity contribution in [3.05, 3.63) is 115 Å². The molecule has 3 heterocycles. The zero-order chi connectivity index (χ0) is 26.1. The Hall–Kier alpha value is -4.50. The molecule has 0 saturated heterocycles. The molecule has 0 spiro atoms. The highest BCUT2D eigenvalue weighted by Crippen LogP contribution is 2.32. The van der Waals surface area contributed by atoms with Crippen LogP contribution in [-0.2, 0) is 9.53 Å². The number of allylic oxidation sites excluding steroid dienone is 1. The van der Waals surface area contributed by atoms with Gasteiger partial charge in [-0.3, -0.25) is 9.36 Å². The molecule has 0 bridgehead atoms. The molecular weight excluding hydrogens is 492 g/mol. The molecule has 1 aliphatic rings. The number of carbonyl (C=O) groups excluding carboxylic acids is 1. The van der Waals surface area contributed by atoms with Crippen molar-refractivity contribution in [1.29, 1.82) is 0 Å². The molecule has 2 aromatic carbocycles. The van der Waals surface area contributed by atoms with Gasteiger partial charge in [-0.1, -0.05) is 66.8 Å². The molecule has 1 aliphatic heterocycles. The number of esters is 1. The first-order valence-corrected chi connectivity index (χ1v) is 12.3. The van der Waals surface area contributed by atoms with Crippen LogP contribution >= 0.6 is 11.3 Å². The normalized spacial score (nSPS) is 15.3. The van der Waals surface area contributed by atoms with Gasteiger partial charge in [0.05, 0.1) is 34.5 Å². The number of ether oxygens (including phenoxy) is 1. The van der Waals surface area contributed by atoms with Crippen LogP contribution in [0.1, 0.15) is 41.1 Å². The van der Waals surface area contributed by atoms with Gasteiger partial charge < -0.3 is 14.3 Å². The Morgan fingerprint density at radius 2 is 1.84 bits per heavy atom. The lowest BCUT2D eigenvalue weighted by Gasteiger charge is -2.25. The number of hydrogen-bond donors (Lipinski definition) is 1. The Balaban J connectivity index is 1.66. The third-order valence-corrected chi connectivity index (χ3v) is 7.07. The molecule has 9 heteroatoms. The highest BCUT2D eigenvalue weighted by molar-refractivity contribution is 7.07. The second kappa shape index (κ2) is 9.87. The molecule has 8 nitrogen and oxygen atoms in total. The van der Waals surface area contributed by atoms with E-state index >= 15 is 0 Å². The summed E-state index contributed by atoms with van der Waals surface area (Å²) in [5.74, 6) is -0.826. The molecule has 4 aromatic rings. The van der Waals surface area contributed by atoms with Gasteiger partial charge in [0, 0.05) is 11.6 Å². The van der Waals surface area contributed by atoms with Crippen LogP contribution in [0.15, 0.2) is 92.2 Å². The molecule has 5 rings (SSSR count). The SMILES string of the molecule is CCC1=C(C(=O)OC)[C@@H](c2ccccc2)n2c(s/c(=C\c3ccc(-c4ccccc4C(=O)O)o3)c2=O)=N1. The van der Waals surface area contributed by atoms with E-state index in [2.05, 4.69) is 4.99 Å². The van der Waals surface area contributed by atoms with Crippen molar-refractivity contribution in [2.45, 2.75) is 19.4 Å². The first-order valence-electron chi connectivity index (χ1n) is 11.5. The predicted molar refractivity (Wildman–Crippen MR) is 138 cm³/mol. The molecule has 1 atom stereocenters. The number of nitrogens with zero attached hydrogens (tertiary/aromatic N) is 2. The van der Waals surface area contributed by atoms with Crippen LogP contribution in [0.5, 0.6) is 0 Å². The second-order valence-corrected chi connectivity index (χ2v) is 9.26. The number of carboxylic acid groups (broad SMARTS) is 1. The largest absolute Gasteiger partial charge is 0.478 e. The Morgan fingerprint density at radius 1 is 1.11 bits per heavy atom. The minimum Gasteiger partial charge on any atom is -0.478 e. The van der Waals surface area contributed by atoms with Crippen LogP contribution in [0.2, 0.25) is 0 Å². The van der Waals surface area contributed by atoms with Gasteiger partial charge in [-0.2, -0.15) is 0 Å². The number of furan rings is 1. The molecule has 1 N–H and O–H groups in total. The number of carboxylic acids is 1. The van der Waals surface area contributed by atoms with E-state index in [1.54, 1.807) is 36.4 Å². The van der Waals surface area contributed by atoms with E-state index in [-0.39, 0.29) is 11.1 Å². The summed E-state index contributed by atoms with van der Waals surface area (Å²) in [7, 11) is 1.31. The maximum Gasteiger partial charge on any atom is 0.338 e. The zero-order valence-electron chi connectivity index (χ0n) is 20.0. The number of rotatable bonds is 6. The molecule has 186 valence electrons. The van der Waals surface area contributed by atoms with Gasteiger partial charge in [-0.25, -0.2) is 14.6 Å². The third kappa shape index (κ3) is 4.34. The minimum atomic E-state index is -1.06. The fraction of sp³-hybridized carbons (Fsp3) is 0.143. The summed E-state index contributed by atoms with van der Waals surface area (Å²) in [4.78, 5) is 43.2. The summed E-state index contributed by atoms with van der Waals surface area (Å²) in [5.41, 5.74) is 1.91. The summed E-state index contributed by atoms with van der Waals surface area (Å²) >= 11 is 1.20. The van der Waals surface area contributed by atoms with Crippen LogP contribution in [0.4, 0.5) is 0 Å². The van der Waals surface area contributed by atoms with Gasteiger partial charge >= 0.3 is 11.9 Å². The van der Waals surface area contributed by atoms with Crippen LogP contribution in [0, 0.1) is 0 Å². The van der Waals surface area contributed by atoms with Crippen molar-refractivity contribution in [2.24, 2.45) is 4.99 Å².